The van der Waals surface area contributed by atoms with Gasteiger partial charge in [-0.1, -0.05) is 6.07 Å². The number of carbonyl (C=O) groups excluding carboxylic acids is 1. The summed E-state index contributed by atoms with van der Waals surface area (Å²) < 4.78 is 27.6. The highest BCUT2D eigenvalue weighted by Gasteiger charge is 2.37. The fourth-order valence-electron chi connectivity index (χ4n) is 3.07. The molecule has 0 bridgehead atoms. The molecule has 2 heterocycles. The zero-order chi connectivity index (χ0) is 16.4. The second-order valence-electron chi connectivity index (χ2n) is 5.64. The van der Waals surface area contributed by atoms with Crippen molar-refractivity contribution in [1.29, 1.82) is 0 Å². The molecule has 1 amide bonds. The van der Waals surface area contributed by atoms with Gasteiger partial charge in [0.15, 0.2) is 0 Å². The molecule has 3 rings (SSSR count). The molecule has 2 aromatic rings. The molecule has 23 heavy (non-hydrogen) atoms. The van der Waals surface area contributed by atoms with Crippen molar-refractivity contribution >= 4 is 5.91 Å². The average Bonchev–Trinajstić information content (AvgIpc) is 3.00. The normalized spacial score (nSPS) is 20.7. The van der Waals surface area contributed by atoms with E-state index in [1.165, 1.54) is 11.0 Å². The molecule has 0 aliphatic carbocycles. The van der Waals surface area contributed by atoms with E-state index in [4.69, 9.17) is 0 Å². The molecule has 1 fully saturated rings. The molecule has 4 nitrogen and oxygen atoms in total. The summed E-state index contributed by atoms with van der Waals surface area (Å²) in [7, 11) is 0. The Balaban J connectivity index is 1.86. The van der Waals surface area contributed by atoms with E-state index < -0.39 is 23.1 Å². The fraction of sp³-hybridized carbons (Fsp3) is 0.294. The number of aliphatic hydroxyl groups is 1. The summed E-state index contributed by atoms with van der Waals surface area (Å²) in [6.07, 6.45) is 3.29. The topological polar surface area (TPSA) is 53.4 Å². The van der Waals surface area contributed by atoms with E-state index in [0.717, 1.165) is 17.7 Å². The molecular formula is C17H16F2N2O2. The zero-order valence-electron chi connectivity index (χ0n) is 12.3. The number of amides is 1. The van der Waals surface area contributed by atoms with Gasteiger partial charge in [0.2, 0.25) is 0 Å². The van der Waals surface area contributed by atoms with E-state index >= 15 is 0 Å². The Kier molecular flexibility index (Phi) is 4.34. The molecule has 1 N–H and O–H groups in total. The van der Waals surface area contributed by atoms with Crippen molar-refractivity contribution in [2.24, 2.45) is 5.92 Å². The van der Waals surface area contributed by atoms with Crippen LogP contribution in [0.1, 0.15) is 21.8 Å². The van der Waals surface area contributed by atoms with Gasteiger partial charge < -0.3 is 10.0 Å². The van der Waals surface area contributed by atoms with E-state index in [0.29, 0.717) is 6.54 Å². The first kappa shape index (κ1) is 15.6. The first-order chi connectivity index (χ1) is 11.1. The minimum Gasteiger partial charge on any atom is -0.396 e. The van der Waals surface area contributed by atoms with Crippen LogP contribution >= 0.6 is 0 Å². The molecule has 1 aromatic carbocycles. The van der Waals surface area contributed by atoms with Crippen LogP contribution in [0.25, 0.3) is 0 Å². The van der Waals surface area contributed by atoms with E-state index in [2.05, 4.69) is 4.98 Å². The van der Waals surface area contributed by atoms with Crippen molar-refractivity contribution in [3.63, 3.8) is 0 Å². The number of carbonyl (C=O) groups is 1. The van der Waals surface area contributed by atoms with Gasteiger partial charge >= 0.3 is 0 Å². The second-order valence-corrected chi connectivity index (χ2v) is 5.64. The first-order valence-electron chi connectivity index (χ1n) is 7.36. The van der Waals surface area contributed by atoms with Gasteiger partial charge in [-0.3, -0.25) is 9.78 Å². The maximum atomic E-state index is 13.8. The number of rotatable bonds is 3. The Morgan fingerprint density at radius 2 is 1.83 bits per heavy atom. The molecule has 0 saturated carbocycles. The minimum absolute atomic E-state index is 0.0817. The largest absolute Gasteiger partial charge is 0.396 e. The number of aromatic nitrogens is 1. The van der Waals surface area contributed by atoms with Crippen molar-refractivity contribution in [1.82, 2.24) is 9.88 Å². The third kappa shape index (κ3) is 2.94. The lowest BCUT2D eigenvalue weighted by Crippen LogP contribution is -2.30. The SMILES string of the molecule is O=C(c1c(F)cccc1F)N1C[C@@H](CO)[C@H](c2ccncc2)C1. The minimum atomic E-state index is -0.872. The van der Waals surface area contributed by atoms with Gasteiger partial charge in [-0.15, -0.1) is 0 Å². The van der Waals surface area contributed by atoms with Gasteiger partial charge in [0.1, 0.15) is 17.2 Å². The van der Waals surface area contributed by atoms with Crippen molar-refractivity contribution in [3.05, 3.63) is 65.5 Å². The van der Waals surface area contributed by atoms with Gasteiger partial charge in [0, 0.05) is 43.9 Å². The van der Waals surface area contributed by atoms with Crippen LogP contribution in [0.15, 0.2) is 42.7 Å². The number of hydrogen-bond acceptors (Lipinski definition) is 3. The van der Waals surface area contributed by atoms with Gasteiger partial charge in [0.05, 0.1) is 0 Å². The van der Waals surface area contributed by atoms with Crippen molar-refractivity contribution in [2.75, 3.05) is 19.7 Å². The molecule has 0 radical (unpaired) electrons. The van der Waals surface area contributed by atoms with Crippen molar-refractivity contribution < 1.29 is 18.7 Å². The quantitative estimate of drug-likeness (QED) is 0.944. The molecular weight excluding hydrogens is 302 g/mol. The number of likely N-dealkylation sites (tertiary alicyclic amines) is 1. The number of pyridine rings is 1. The van der Waals surface area contributed by atoms with E-state index in [9.17, 15) is 18.7 Å². The molecule has 0 unspecified atom stereocenters. The lowest BCUT2D eigenvalue weighted by Gasteiger charge is -2.17. The summed E-state index contributed by atoms with van der Waals surface area (Å²) in [4.78, 5) is 17.8. The predicted octanol–water partition coefficient (Wildman–Crippen LogP) is 2.21. The van der Waals surface area contributed by atoms with Gasteiger partial charge in [-0.2, -0.15) is 0 Å². The first-order valence-corrected chi connectivity index (χ1v) is 7.36. The number of aliphatic hydroxyl groups excluding tert-OH is 1. The summed E-state index contributed by atoms with van der Waals surface area (Å²) >= 11 is 0. The Morgan fingerprint density at radius 1 is 1.17 bits per heavy atom. The molecule has 120 valence electrons. The molecule has 1 aliphatic rings. The third-order valence-corrected chi connectivity index (χ3v) is 4.27. The predicted molar refractivity (Wildman–Crippen MR) is 79.8 cm³/mol. The lowest BCUT2D eigenvalue weighted by molar-refractivity contribution is 0.0771. The molecule has 0 spiro atoms. The van der Waals surface area contributed by atoms with Crippen LogP contribution < -0.4 is 0 Å². The van der Waals surface area contributed by atoms with Crippen LogP contribution in [0.2, 0.25) is 0 Å². The Hall–Kier alpha value is -2.34. The van der Waals surface area contributed by atoms with Crippen LogP contribution in [0.5, 0.6) is 0 Å². The zero-order valence-corrected chi connectivity index (χ0v) is 12.3. The highest BCUT2D eigenvalue weighted by molar-refractivity contribution is 5.95. The standard InChI is InChI=1S/C17H16F2N2O2/c18-14-2-1-3-15(19)16(14)17(23)21-8-12(10-22)13(9-21)11-4-6-20-7-5-11/h1-7,12-13,22H,8-10H2/t12-,13-/m0/s1. The Bertz CT molecular complexity index is 689. The molecule has 1 aromatic heterocycles. The van der Waals surface area contributed by atoms with Crippen LogP contribution in [-0.4, -0.2) is 40.6 Å². The number of halogens is 2. The lowest BCUT2D eigenvalue weighted by atomic mass is 9.90. The summed E-state index contributed by atoms with van der Waals surface area (Å²) in [5, 5.41) is 9.58. The second kappa shape index (κ2) is 6.42. The monoisotopic (exact) mass is 318 g/mol. The molecule has 1 saturated heterocycles. The molecule has 2 atom stereocenters. The maximum Gasteiger partial charge on any atom is 0.259 e. The highest BCUT2D eigenvalue weighted by atomic mass is 19.1. The van der Waals surface area contributed by atoms with Gasteiger partial charge in [-0.05, 0) is 29.8 Å². The van der Waals surface area contributed by atoms with Crippen LogP contribution in [-0.2, 0) is 0 Å². The average molecular weight is 318 g/mol. The summed E-state index contributed by atoms with van der Waals surface area (Å²) in [5.74, 6) is -2.68. The van der Waals surface area contributed by atoms with Crippen LogP contribution in [0, 0.1) is 17.6 Å². The third-order valence-electron chi connectivity index (χ3n) is 4.27. The van der Waals surface area contributed by atoms with Gasteiger partial charge in [-0.25, -0.2) is 8.78 Å². The number of benzene rings is 1. The smallest absolute Gasteiger partial charge is 0.259 e. The Morgan fingerprint density at radius 3 is 2.43 bits per heavy atom. The maximum absolute atomic E-state index is 13.8. The van der Waals surface area contributed by atoms with Crippen LogP contribution in [0.3, 0.4) is 0 Å². The van der Waals surface area contributed by atoms with Gasteiger partial charge in [0.25, 0.3) is 5.91 Å². The number of nitrogens with zero attached hydrogens (tertiary/aromatic N) is 2. The molecule has 1 aliphatic heterocycles. The summed E-state index contributed by atoms with van der Waals surface area (Å²) in [6, 6.07) is 7.00. The van der Waals surface area contributed by atoms with Crippen LogP contribution in [0.4, 0.5) is 8.78 Å². The molecule has 6 heteroatoms. The van der Waals surface area contributed by atoms with Crippen molar-refractivity contribution in [2.45, 2.75) is 5.92 Å². The number of hydrogen-bond donors (Lipinski definition) is 1. The van der Waals surface area contributed by atoms with E-state index in [1.54, 1.807) is 12.4 Å². The van der Waals surface area contributed by atoms with E-state index in [-0.39, 0.29) is 25.0 Å². The Labute approximate surface area is 132 Å². The van der Waals surface area contributed by atoms with E-state index in [1.807, 2.05) is 12.1 Å². The summed E-state index contributed by atoms with van der Waals surface area (Å²) in [5.41, 5.74) is 0.405. The fourth-order valence-corrected chi connectivity index (χ4v) is 3.07. The summed E-state index contributed by atoms with van der Waals surface area (Å²) in [6.45, 7) is 0.467. The highest BCUT2D eigenvalue weighted by Crippen LogP contribution is 2.33. The van der Waals surface area contributed by atoms with Crippen molar-refractivity contribution in [3.8, 4) is 0 Å².